The van der Waals surface area contributed by atoms with E-state index in [1.807, 2.05) is 42.2 Å². The summed E-state index contributed by atoms with van der Waals surface area (Å²) >= 11 is 0. The van der Waals surface area contributed by atoms with Gasteiger partial charge in [0.25, 0.3) is 5.56 Å². The van der Waals surface area contributed by atoms with Crippen LogP contribution < -0.4 is 5.56 Å². The fourth-order valence-corrected chi connectivity index (χ4v) is 4.35. The lowest BCUT2D eigenvalue weighted by atomic mass is 10.2. The van der Waals surface area contributed by atoms with Gasteiger partial charge in [-0.3, -0.25) is 19.1 Å². The normalized spacial score (nSPS) is 14.6. The Morgan fingerprint density at radius 2 is 1.71 bits per heavy atom. The summed E-state index contributed by atoms with van der Waals surface area (Å²) in [6.07, 6.45) is 3.34. The molecule has 1 fully saturated rings. The second-order valence-electron chi connectivity index (χ2n) is 8.76. The van der Waals surface area contributed by atoms with E-state index >= 15 is 0 Å². The second-order valence-corrected chi connectivity index (χ2v) is 8.76. The maximum Gasteiger partial charge on any atom is 0.264 e. The molecule has 0 N–H and O–H groups in total. The third kappa shape index (κ3) is 4.63. The van der Waals surface area contributed by atoms with E-state index in [-0.39, 0.29) is 17.9 Å². The Balaban J connectivity index is 1.20. The summed E-state index contributed by atoms with van der Waals surface area (Å²) in [7, 11) is 0. The van der Waals surface area contributed by atoms with Crippen LogP contribution in [0.3, 0.4) is 0 Å². The Hall–Kier alpha value is -3.78. The Morgan fingerprint density at radius 3 is 2.44 bits per heavy atom. The maximum atomic E-state index is 13.0. The van der Waals surface area contributed by atoms with E-state index in [0.717, 1.165) is 30.9 Å². The molecule has 2 aromatic carbocycles. The van der Waals surface area contributed by atoms with Gasteiger partial charge in [-0.15, -0.1) is 0 Å². The minimum Gasteiger partial charge on any atom is -0.340 e. The summed E-state index contributed by atoms with van der Waals surface area (Å²) in [5.74, 6) is 0.0710. The van der Waals surface area contributed by atoms with Crippen molar-refractivity contribution in [3.63, 3.8) is 0 Å². The number of fused-ring (bicyclic) bond motifs is 1. The van der Waals surface area contributed by atoms with Crippen LogP contribution in [0.5, 0.6) is 0 Å². The molecule has 0 saturated carbocycles. The van der Waals surface area contributed by atoms with E-state index in [0.29, 0.717) is 30.7 Å². The van der Waals surface area contributed by atoms with Crippen LogP contribution in [-0.2, 0) is 17.9 Å². The number of rotatable bonds is 6. The molecule has 2 aromatic heterocycles. The van der Waals surface area contributed by atoms with Crippen LogP contribution in [0.4, 0.5) is 0 Å². The highest BCUT2D eigenvalue weighted by atomic mass is 16.2. The van der Waals surface area contributed by atoms with Crippen molar-refractivity contribution in [2.75, 3.05) is 26.2 Å². The van der Waals surface area contributed by atoms with Gasteiger partial charge < -0.3 is 4.90 Å². The maximum absolute atomic E-state index is 13.0. The quantitative estimate of drug-likeness (QED) is 0.446. The van der Waals surface area contributed by atoms with Gasteiger partial charge in [-0.05, 0) is 24.6 Å². The van der Waals surface area contributed by atoms with E-state index in [1.165, 1.54) is 16.5 Å². The van der Waals surface area contributed by atoms with Gasteiger partial charge in [0.1, 0.15) is 5.39 Å². The van der Waals surface area contributed by atoms with Gasteiger partial charge in [0.05, 0.1) is 18.2 Å². The first-order valence-corrected chi connectivity index (χ1v) is 11.6. The number of hydrogen-bond acceptors (Lipinski definition) is 5. The Morgan fingerprint density at radius 1 is 0.971 bits per heavy atom. The standard InChI is InChI=1S/C26H28N6O2/c1-20-7-9-22(10-8-20)32-25-23(17-28-32)26(34)31(19-27-25)12-11-24(33)30-15-13-29(14-16-30)18-21-5-3-2-4-6-21/h2-10,17,19H,11-16,18H2,1H3. The number of benzene rings is 2. The van der Waals surface area contributed by atoms with Crippen LogP contribution in [0.15, 0.2) is 71.9 Å². The number of hydrogen-bond donors (Lipinski definition) is 0. The fourth-order valence-electron chi connectivity index (χ4n) is 4.35. The highest BCUT2D eigenvalue weighted by Crippen LogP contribution is 2.15. The molecule has 4 aromatic rings. The third-order valence-electron chi connectivity index (χ3n) is 6.37. The van der Waals surface area contributed by atoms with Gasteiger partial charge >= 0.3 is 0 Å². The molecule has 8 heteroatoms. The number of carbonyl (C=O) groups is 1. The molecule has 5 rings (SSSR count). The zero-order valence-electron chi connectivity index (χ0n) is 19.3. The number of amides is 1. The molecule has 8 nitrogen and oxygen atoms in total. The van der Waals surface area contributed by atoms with Crippen molar-refractivity contribution in [2.45, 2.75) is 26.4 Å². The predicted octanol–water partition coefficient (Wildman–Crippen LogP) is 2.63. The fraction of sp³-hybridized carbons (Fsp3) is 0.308. The minimum atomic E-state index is -0.177. The Bertz CT molecular complexity index is 1340. The topological polar surface area (TPSA) is 76.3 Å². The van der Waals surface area contributed by atoms with E-state index in [2.05, 4.69) is 39.2 Å². The molecule has 0 aliphatic carbocycles. The summed E-state index contributed by atoms with van der Waals surface area (Å²) in [6, 6.07) is 18.3. The van der Waals surface area contributed by atoms with Gasteiger partial charge in [-0.1, -0.05) is 48.0 Å². The molecule has 1 aliphatic heterocycles. The molecule has 3 heterocycles. The van der Waals surface area contributed by atoms with Crippen molar-refractivity contribution < 1.29 is 4.79 Å². The predicted molar refractivity (Wildman–Crippen MR) is 131 cm³/mol. The highest BCUT2D eigenvalue weighted by Gasteiger charge is 2.21. The first-order chi connectivity index (χ1) is 16.6. The molecule has 0 atom stereocenters. The van der Waals surface area contributed by atoms with E-state index in [4.69, 9.17) is 0 Å². The average Bonchev–Trinajstić information content (AvgIpc) is 3.30. The molecule has 1 amide bonds. The largest absolute Gasteiger partial charge is 0.340 e. The van der Waals surface area contributed by atoms with Crippen molar-refractivity contribution in [1.82, 2.24) is 29.1 Å². The summed E-state index contributed by atoms with van der Waals surface area (Å²) in [6.45, 7) is 6.36. The van der Waals surface area contributed by atoms with Crippen molar-refractivity contribution >= 4 is 16.9 Å². The SMILES string of the molecule is Cc1ccc(-n2ncc3c(=O)n(CCC(=O)N4CCN(Cc5ccccc5)CC4)cnc32)cc1. The monoisotopic (exact) mass is 456 g/mol. The minimum absolute atomic E-state index is 0.0710. The molecular weight excluding hydrogens is 428 g/mol. The molecule has 0 spiro atoms. The molecule has 1 saturated heterocycles. The van der Waals surface area contributed by atoms with Crippen LogP contribution in [0.25, 0.3) is 16.7 Å². The summed E-state index contributed by atoms with van der Waals surface area (Å²) in [5, 5.41) is 4.81. The smallest absolute Gasteiger partial charge is 0.264 e. The molecule has 0 bridgehead atoms. The van der Waals surface area contributed by atoms with Gasteiger partial charge in [0, 0.05) is 45.7 Å². The number of aryl methyl sites for hydroxylation is 2. The Kier molecular flexibility index (Phi) is 6.22. The van der Waals surface area contributed by atoms with Gasteiger partial charge in [-0.25, -0.2) is 9.67 Å². The first-order valence-electron chi connectivity index (χ1n) is 11.6. The lowest BCUT2D eigenvalue weighted by molar-refractivity contribution is -0.133. The van der Waals surface area contributed by atoms with Gasteiger partial charge in [0.15, 0.2) is 5.65 Å². The molecule has 1 aliphatic rings. The van der Waals surface area contributed by atoms with Gasteiger partial charge in [0.2, 0.25) is 5.91 Å². The van der Waals surface area contributed by atoms with Crippen LogP contribution >= 0.6 is 0 Å². The average molecular weight is 457 g/mol. The van der Waals surface area contributed by atoms with Crippen molar-refractivity contribution in [1.29, 1.82) is 0 Å². The van der Waals surface area contributed by atoms with E-state index in [1.54, 1.807) is 10.9 Å². The number of carbonyl (C=O) groups excluding carboxylic acids is 1. The molecule has 174 valence electrons. The van der Waals surface area contributed by atoms with Crippen LogP contribution in [0.2, 0.25) is 0 Å². The first kappa shape index (κ1) is 22.0. The number of nitrogens with zero attached hydrogens (tertiary/aromatic N) is 6. The summed E-state index contributed by atoms with van der Waals surface area (Å²) in [5.41, 5.74) is 3.63. The Labute approximate surface area is 198 Å². The lowest BCUT2D eigenvalue weighted by Gasteiger charge is -2.34. The van der Waals surface area contributed by atoms with Crippen LogP contribution in [0.1, 0.15) is 17.5 Å². The van der Waals surface area contributed by atoms with Crippen LogP contribution in [0, 0.1) is 6.92 Å². The zero-order chi connectivity index (χ0) is 23.5. The second kappa shape index (κ2) is 9.61. The van der Waals surface area contributed by atoms with Gasteiger partial charge in [-0.2, -0.15) is 5.10 Å². The number of piperazine rings is 1. The van der Waals surface area contributed by atoms with E-state index < -0.39 is 0 Å². The molecular formula is C26H28N6O2. The molecule has 0 radical (unpaired) electrons. The molecule has 34 heavy (non-hydrogen) atoms. The zero-order valence-corrected chi connectivity index (χ0v) is 19.3. The van der Waals surface area contributed by atoms with Crippen molar-refractivity contribution in [2.24, 2.45) is 0 Å². The van der Waals surface area contributed by atoms with Crippen molar-refractivity contribution in [3.05, 3.63) is 88.6 Å². The highest BCUT2D eigenvalue weighted by molar-refractivity contribution is 5.77. The number of aromatic nitrogens is 4. The van der Waals surface area contributed by atoms with E-state index in [9.17, 15) is 9.59 Å². The lowest BCUT2D eigenvalue weighted by Crippen LogP contribution is -2.48. The summed E-state index contributed by atoms with van der Waals surface area (Å²) < 4.78 is 3.17. The van der Waals surface area contributed by atoms with Crippen LogP contribution in [-0.4, -0.2) is 61.2 Å². The summed E-state index contributed by atoms with van der Waals surface area (Å²) in [4.78, 5) is 34.5. The third-order valence-corrected chi connectivity index (χ3v) is 6.37. The molecule has 0 unspecified atom stereocenters. The van der Waals surface area contributed by atoms with Crippen molar-refractivity contribution in [3.8, 4) is 5.69 Å².